The van der Waals surface area contributed by atoms with Gasteiger partial charge in [0.25, 0.3) is 5.91 Å². The van der Waals surface area contributed by atoms with Gasteiger partial charge in [-0.3, -0.25) is 9.59 Å². The number of alkyl halides is 3. The van der Waals surface area contributed by atoms with Crippen LogP contribution in [-0.2, 0) is 16.8 Å². The second-order valence-electron chi connectivity index (χ2n) is 10.8. The standard InChI is InChI=1S/C31H32F4N4O5/c1-2-43-28-20(16-26(36)40)15-25(38-27(28)18-4-7-21(32)8-5-18)30(42,31(33,34)35)17-37-29(41)19-6-11-23(39-12-3-13-39)24(14-19)44-22-9-10-22/h4-8,11,14-15,22,42H,2-3,9-10,12-13,16-17H2,1H3,(H2,36,40)(H,37,41)/t30-/m0/s1. The number of anilines is 1. The zero-order valence-electron chi connectivity index (χ0n) is 23.9. The number of nitrogens with two attached hydrogens (primary N) is 1. The lowest BCUT2D eigenvalue weighted by atomic mass is 9.93. The number of aliphatic hydroxyl groups is 1. The van der Waals surface area contributed by atoms with E-state index in [-0.39, 0.29) is 40.8 Å². The summed E-state index contributed by atoms with van der Waals surface area (Å²) in [6.45, 7) is 2.04. The monoisotopic (exact) mass is 616 g/mol. The van der Waals surface area contributed by atoms with Gasteiger partial charge in [-0.2, -0.15) is 13.2 Å². The van der Waals surface area contributed by atoms with Crippen LogP contribution in [0.2, 0.25) is 0 Å². The van der Waals surface area contributed by atoms with E-state index in [1.807, 2.05) is 0 Å². The predicted octanol–water partition coefficient (Wildman–Crippen LogP) is 4.25. The van der Waals surface area contributed by atoms with E-state index in [1.54, 1.807) is 13.0 Å². The fraction of sp³-hybridized carbons (Fsp3) is 0.387. The van der Waals surface area contributed by atoms with Crippen LogP contribution in [0.15, 0.2) is 48.5 Å². The number of nitrogens with one attached hydrogen (secondary N) is 1. The first kappa shape index (κ1) is 31.0. The van der Waals surface area contributed by atoms with Gasteiger partial charge in [-0.15, -0.1) is 0 Å². The summed E-state index contributed by atoms with van der Waals surface area (Å²) in [5.74, 6) is -1.91. The van der Waals surface area contributed by atoms with Crippen molar-refractivity contribution < 1.29 is 41.7 Å². The highest BCUT2D eigenvalue weighted by molar-refractivity contribution is 5.95. The lowest BCUT2D eigenvalue weighted by molar-refractivity contribution is -0.265. The van der Waals surface area contributed by atoms with Gasteiger partial charge in [0.1, 0.15) is 23.0 Å². The van der Waals surface area contributed by atoms with E-state index in [9.17, 15) is 32.3 Å². The van der Waals surface area contributed by atoms with Gasteiger partial charge in [0.2, 0.25) is 11.5 Å². The van der Waals surface area contributed by atoms with Crippen LogP contribution in [0.4, 0.5) is 23.2 Å². The molecule has 0 spiro atoms. The number of hydrogen-bond donors (Lipinski definition) is 3. The fourth-order valence-corrected chi connectivity index (χ4v) is 4.81. The molecule has 1 saturated carbocycles. The summed E-state index contributed by atoms with van der Waals surface area (Å²) in [4.78, 5) is 31.2. The van der Waals surface area contributed by atoms with Crippen molar-refractivity contribution in [2.24, 2.45) is 5.73 Å². The third kappa shape index (κ3) is 6.57. The van der Waals surface area contributed by atoms with Crippen LogP contribution in [0.5, 0.6) is 11.5 Å². The number of rotatable bonds is 12. The zero-order valence-corrected chi connectivity index (χ0v) is 23.9. The number of benzene rings is 2. The molecule has 2 aliphatic rings. The quantitative estimate of drug-likeness (QED) is 0.260. The van der Waals surface area contributed by atoms with Crippen molar-refractivity contribution in [3.05, 3.63) is 71.2 Å². The molecule has 1 aliphatic heterocycles. The van der Waals surface area contributed by atoms with Crippen LogP contribution < -0.4 is 25.4 Å². The van der Waals surface area contributed by atoms with Crippen LogP contribution in [0.1, 0.15) is 47.8 Å². The molecule has 2 fully saturated rings. The number of carbonyl (C=O) groups is 2. The van der Waals surface area contributed by atoms with E-state index >= 15 is 0 Å². The zero-order chi connectivity index (χ0) is 31.6. The number of pyridine rings is 1. The van der Waals surface area contributed by atoms with Gasteiger partial charge in [-0.1, -0.05) is 0 Å². The van der Waals surface area contributed by atoms with Crippen LogP contribution in [-0.4, -0.2) is 60.4 Å². The average molecular weight is 617 g/mol. The summed E-state index contributed by atoms with van der Waals surface area (Å²) in [5, 5.41) is 13.4. The molecule has 3 aromatic rings. The number of primary amides is 1. The van der Waals surface area contributed by atoms with Gasteiger partial charge in [-0.05, 0) is 74.7 Å². The Labute approximate surface area is 251 Å². The molecule has 1 aromatic heterocycles. The van der Waals surface area contributed by atoms with Crippen LogP contribution in [0.25, 0.3) is 11.3 Å². The Kier molecular flexibility index (Phi) is 8.69. The molecular weight excluding hydrogens is 584 g/mol. The first-order valence-corrected chi connectivity index (χ1v) is 14.2. The highest BCUT2D eigenvalue weighted by Crippen LogP contribution is 2.42. The molecule has 0 unspecified atom stereocenters. The summed E-state index contributed by atoms with van der Waals surface area (Å²) in [5.41, 5.74) is 1.56. The molecular formula is C31H32F4N4O5. The molecule has 13 heteroatoms. The van der Waals surface area contributed by atoms with Gasteiger partial charge in [0.05, 0.1) is 37.1 Å². The molecule has 2 amide bonds. The number of halogens is 4. The van der Waals surface area contributed by atoms with E-state index in [0.29, 0.717) is 5.75 Å². The third-order valence-corrected chi connectivity index (χ3v) is 7.46. The summed E-state index contributed by atoms with van der Waals surface area (Å²) < 4.78 is 69.2. The highest BCUT2D eigenvalue weighted by atomic mass is 19.4. The van der Waals surface area contributed by atoms with Gasteiger partial charge in [0.15, 0.2) is 0 Å². The minimum absolute atomic E-state index is 0.0271. The third-order valence-electron chi connectivity index (χ3n) is 7.46. The van der Waals surface area contributed by atoms with E-state index in [4.69, 9.17) is 15.2 Å². The second-order valence-corrected chi connectivity index (χ2v) is 10.8. The summed E-state index contributed by atoms with van der Waals surface area (Å²) in [6.07, 6.45) is -3.06. The summed E-state index contributed by atoms with van der Waals surface area (Å²) in [7, 11) is 0. The molecule has 44 heavy (non-hydrogen) atoms. The fourth-order valence-electron chi connectivity index (χ4n) is 4.81. The van der Waals surface area contributed by atoms with E-state index in [0.717, 1.165) is 56.2 Å². The Hall–Kier alpha value is -4.39. The van der Waals surface area contributed by atoms with Crippen LogP contribution in [0.3, 0.4) is 0 Å². The molecule has 1 aliphatic carbocycles. The van der Waals surface area contributed by atoms with Crippen molar-refractivity contribution in [2.45, 2.75) is 50.5 Å². The summed E-state index contributed by atoms with van der Waals surface area (Å²) in [6, 6.07) is 10.3. The first-order valence-electron chi connectivity index (χ1n) is 14.2. The number of amides is 2. The number of hydrogen-bond acceptors (Lipinski definition) is 7. The first-order chi connectivity index (χ1) is 20.9. The number of aromatic nitrogens is 1. The van der Waals surface area contributed by atoms with E-state index < -0.39 is 48.1 Å². The summed E-state index contributed by atoms with van der Waals surface area (Å²) >= 11 is 0. The molecule has 234 valence electrons. The molecule has 0 bridgehead atoms. The minimum atomic E-state index is -5.33. The Morgan fingerprint density at radius 1 is 1.11 bits per heavy atom. The number of nitrogens with zero attached hydrogens (tertiary/aromatic N) is 2. The molecule has 4 N–H and O–H groups in total. The van der Waals surface area contributed by atoms with Crippen molar-refractivity contribution in [3.8, 4) is 22.8 Å². The van der Waals surface area contributed by atoms with Gasteiger partial charge in [0, 0.05) is 29.8 Å². The lowest BCUT2D eigenvalue weighted by Crippen LogP contribution is -2.51. The number of carbonyl (C=O) groups excluding carboxylic acids is 2. The Bertz CT molecular complexity index is 1540. The molecule has 2 aromatic carbocycles. The van der Waals surface area contributed by atoms with Gasteiger partial charge >= 0.3 is 6.18 Å². The maximum Gasteiger partial charge on any atom is 0.424 e. The molecule has 1 saturated heterocycles. The molecule has 0 radical (unpaired) electrons. The Morgan fingerprint density at radius 3 is 2.39 bits per heavy atom. The normalized spacial score (nSPS) is 16.1. The lowest BCUT2D eigenvalue weighted by Gasteiger charge is -2.34. The SMILES string of the molecule is CCOc1c(CC(N)=O)cc([C@@](O)(CNC(=O)c2ccc(N3CCC3)c(OC3CC3)c2)C(F)(F)F)nc1-c1ccc(F)cc1. The average Bonchev–Trinajstić information content (AvgIpc) is 3.76. The molecule has 2 heterocycles. The van der Waals surface area contributed by atoms with Gasteiger partial charge in [-0.25, -0.2) is 9.37 Å². The maximum atomic E-state index is 14.6. The van der Waals surface area contributed by atoms with Crippen molar-refractivity contribution in [1.82, 2.24) is 10.3 Å². The number of ether oxygens (including phenoxy) is 2. The van der Waals surface area contributed by atoms with Crippen LogP contribution >= 0.6 is 0 Å². The Balaban J connectivity index is 1.50. The second kappa shape index (κ2) is 12.3. The minimum Gasteiger partial charge on any atom is -0.491 e. The maximum absolute atomic E-state index is 14.6. The van der Waals surface area contributed by atoms with E-state index in [2.05, 4.69) is 15.2 Å². The molecule has 5 rings (SSSR count). The largest absolute Gasteiger partial charge is 0.491 e. The molecule has 9 nitrogen and oxygen atoms in total. The van der Waals surface area contributed by atoms with Gasteiger partial charge < -0.3 is 30.5 Å². The highest BCUT2D eigenvalue weighted by Gasteiger charge is 2.56. The topological polar surface area (TPSA) is 127 Å². The van der Waals surface area contributed by atoms with Crippen LogP contribution in [0, 0.1) is 5.82 Å². The van der Waals surface area contributed by atoms with Crippen molar-refractivity contribution in [3.63, 3.8) is 0 Å². The van der Waals surface area contributed by atoms with E-state index in [1.165, 1.54) is 24.3 Å². The van der Waals surface area contributed by atoms with Crippen molar-refractivity contribution in [1.29, 1.82) is 0 Å². The van der Waals surface area contributed by atoms with Crippen molar-refractivity contribution >= 4 is 17.5 Å². The smallest absolute Gasteiger partial charge is 0.424 e. The van der Waals surface area contributed by atoms with Crippen molar-refractivity contribution in [2.75, 3.05) is 31.1 Å². The Morgan fingerprint density at radius 2 is 1.82 bits per heavy atom. The molecule has 1 atom stereocenters. The predicted molar refractivity (Wildman–Crippen MR) is 153 cm³/mol.